The summed E-state index contributed by atoms with van der Waals surface area (Å²) in [7, 11) is 0. The van der Waals surface area contributed by atoms with Gasteiger partial charge >= 0.3 is 0 Å². The largest absolute Gasteiger partial charge is 0.388 e. The summed E-state index contributed by atoms with van der Waals surface area (Å²) >= 11 is 1.92. The van der Waals surface area contributed by atoms with Crippen LogP contribution in [0.1, 0.15) is 74.3 Å². The monoisotopic (exact) mass is 280 g/mol. The van der Waals surface area contributed by atoms with E-state index in [-0.39, 0.29) is 6.10 Å². The minimum absolute atomic E-state index is 0.215. The van der Waals surface area contributed by atoms with E-state index in [1.165, 1.54) is 47.4 Å². The second-order valence-electron chi connectivity index (χ2n) is 6.39. The number of thiophene rings is 1. The molecule has 19 heavy (non-hydrogen) atoms. The van der Waals surface area contributed by atoms with Gasteiger partial charge in [-0.1, -0.05) is 40.0 Å². The lowest BCUT2D eigenvalue weighted by atomic mass is 9.82. The predicted molar refractivity (Wildman–Crippen MR) is 83.8 cm³/mol. The van der Waals surface area contributed by atoms with Gasteiger partial charge in [0.05, 0.1) is 6.10 Å². The van der Waals surface area contributed by atoms with Gasteiger partial charge in [0.15, 0.2) is 0 Å². The van der Waals surface area contributed by atoms with Crippen molar-refractivity contribution in [2.24, 2.45) is 11.8 Å². The van der Waals surface area contributed by atoms with E-state index in [1.54, 1.807) is 0 Å². The van der Waals surface area contributed by atoms with Gasteiger partial charge in [-0.05, 0) is 49.1 Å². The van der Waals surface area contributed by atoms with Crippen molar-refractivity contribution in [3.63, 3.8) is 0 Å². The second kappa shape index (κ2) is 6.90. The molecule has 1 heterocycles. The molecule has 2 heteroatoms. The van der Waals surface area contributed by atoms with Gasteiger partial charge in [-0.25, -0.2) is 0 Å². The Hall–Kier alpha value is -0.340. The first-order valence-corrected chi connectivity index (χ1v) is 8.73. The second-order valence-corrected chi connectivity index (χ2v) is 7.61. The Morgan fingerprint density at radius 1 is 1.26 bits per heavy atom. The Morgan fingerprint density at radius 3 is 2.53 bits per heavy atom. The normalized spacial score (nSPS) is 19.0. The number of aliphatic hydroxyl groups excluding tert-OH is 1. The fourth-order valence-electron chi connectivity index (χ4n) is 3.23. The fourth-order valence-corrected chi connectivity index (χ4v) is 4.59. The smallest absolute Gasteiger partial charge is 0.0829 e. The van der Waals surface area contributed by atoms with E-state index in [4.69, 9.17) is 0 Å². The number of aliphatic hydroxyl groups is 1. The number of rotatable bonds is 5. The van der Waals surface area contributed by atoms with Crippen LogP contribution in [-0.4, -0.2) is 5.11 Å². The third-order valence-corrected chi connectivity index (χ3v) is 5.56. The summed E-state index contributed by atoms with van der Waals surface area (Å²) < 4.78 is 0. The Bertz CT molecular complexity index is 388. The maximum absolute atomic E-state index is 10.7. The lowest BCUT2D eigenvalue weighted by molar-refractivity contribution is 0.0845. The summed E-state index contributed by atoms with van der Waals surface area (Å²) in [6.07, 6.45) is 8.35. The highest BCUT2D eigenvalue weighted by Gasteiger charge is 2.26. The molecular formula is C17H28OS. The van der Waals surface area contributed by atoms with Gasteiger partial charge in [-0.3, -0.25) is 0 Å². The molecule has 0 amide bonds. The van der Waals surface area contributed by atoms with E-state index in [0.29, 0.717) is 11.8 Å². The van der Waals surface area contributed by atoms with Crippen LogP contribution in [0.15, 0.2) is 6.07 Å². The molecule has 0 saturated heterocycles. The molecule has 1 aromatic heterocycles. The van der Waals surface area contributed by atoms with E-state index in [2.05, 4.69) is 26.8 Å². The maximum Gasteiger partial charge on any atom is 0.0829 e. The topological polar surface area (TPSA) is 20.2 Å². The van der Waals surface area contributed by atoms with Gasteiger partial charge in [0.2, 0.25) is 0 Å². The zero-order valence-electron chi connectivity index (χ0n) is 12.6. The van der Waals surface area contributed by atoms with E-state index >= 15 is 0 Å². The molecule has 108 valence electrons. The highest BCUT2D eigenvalue weighted by molar-refractivity contribution is 7.12. The van der Waals surface area contributed by atoms with Gasteiger partial charge in [0.25, 0.3) is 0 Å². The molecule has 0 radical (unpaired) electrons. The van der Waals surface area contributed by atoms with Crippen LogP contribution in [0.5, 0.6) is 0 Å². The molecule has 1 nitrogen and oxygen atoms in total. The third-order valence-electron chi connectivity index (χ3n) is 4.24. The molecule has 0 bridgehead atoms. The zero-order chi connectivity index (χ0) is 13.8. The van der Waals surface area contributed by atoms with Crippen molar-refractivity contribution in [1.29, 1.82) is 0 Å². The van der Waals surface area contributed by atoms with Crippen molar-refractivity contribution in [2.75, 3.05) is 0 Å². The van der Waals surface area contributed by atoms with Crippen molar-refractivity contribution < 1.29 is 5.11 Å². The number of aryl methyl sites for hydroxylation is 1. The lowest BCUT2D eigenvalue weighted by Crippen LogP contribution is -2.16. The first kappa shape index (κ1) is 15.1. The number of hydrogen-bond acceptors (Lipinski definition) is 2. The van der Waals surface area contributed by atoms with Crippen LogP contribution in [0.2, 0.25) is 0 Å². The molecule has 0 aliphatic heterocycles. The summed E-state index contributed by atoms with van der Waals surface area (Å²) in [6.45, 7) is 6.74. The van der Waals surface area contributed by atoms with Crippen LogP contribution in [0.3, 0.4) is 0 Å². The average molecular weight is 280 g/mol. The van der Waals surface area contributed by atoms with Crippen molar-refractivity contribution in [1.82, 2.24) is 0 Å². The van der Waals surface area contributed by atoms with Crippen LogP contribution in [0.25, 0.3) is 0 Å². The molecule has 1 N–H and O–H groups in total. The molecule has 0 spiro atoms. The van der Waals surface area contributed by atoms with Crippen LogP contribution in [-0.2, 0) is 12.8 Å². The summed E-state index contributed by atoms with van der Waals surface area (Å²) in [6, 6.07) is 2.29. The fraction of sp³-hybridized carbons (Fsp3) is 0.765. The molecule has 1 saturated carbocycles. The van der Waals surface area contributed by atoms with E-state index < -0.39 is 0 Å². The summed E-state index contributed by atoms with van der Waals surface area (Å²) in [5.74, 6) is 1.20. The molecule has 1 aliphatic rings. The molecule has 1 aromatic rings. The van der Waals surface area contributed by atoms with Crippen LogP contribution in [0.4, 0.5) is 0 Å². The van der Waals surface area contributed by atoms with Gasteiger partial charge in [-0.2, -0.15) is 0 Å². The Kier molecular flexibility index (Phi) is 5.47. The van der Waals surface area contributed by atoms with E-state index in [9.17, 15) is 5.11 Å². The minimum atomic E-state index is -0.215. The zero-order valence-corrected chi connectivity index (χ0v) is 13.4. The quantitative estimate of drug-likeness (QED) is 0.793. The maximum atomic E-state index is 10.7. The van der Waals surface area contributed by atoms with Gasteiger partial charge < -0.3 is 5.11 Å². The van der Waals surface area contributed by atoms with Crippen LogP contribution < -0.4 is 0 Å². The summed E-state index contributed by atoms with van der Waals surface area (Å²) in [5, 5.41) is 10.7. The molecule has 1 atom stereocenters. The summed E-state index contributed by atoms with van der Waals surface area (Å²) in [4.78, 5) is 2.87. The molecule has 2 rings (SSSR count). The Balaban J connectivity index is 2.14. The lowest BCUT2D eigenvalue weighted by Gasteiger charge is -2.26. The predicted octanol–water partition coefficient (Wildman–Crippen LogP) is 5.12. The Morgan fingerprint density at radius 2 is 1.95 bits per heavy atom. The molecule has 0 aromatic carbocycles. The average Bonchev–Trinajstić information content (AvgIpc) is 2.81. The van der Waals surface area contributed by atoms with Crippen LogP contribution in [0, 0.1) is 11.8 Å². The van der Waals surface area contributed by atoms with Crippen LogP contribution >= 0.6 is 11.3 Å². The molecule has 1 unspecified atom stereocenters. The first-order valence-electron chi connectivity index (χ1n) is 7.91. The SMILES string of the molecule is CCc1sc(CC(C)C)cc1C(O)C1CCCCC1. The van der Waals surface area contributed by atoms with Gasteiger partial charge in [0.1, 0.15) is 0 Å². The van der Waals surface area contributed by atoms with Crippen molar-refractivity contribution >= 4 is 11.3 Å². The summed E-state index contributed by atoms with van der Waals surface area (Å²) in [5.41, 5.74) is 1.25. The minimum Gasteiger partial charge on any atom is -0.388 e. The van der Waals surface area contributed by atoms with Crippen molar-refractivity contribution in [2.45, 2.75) is 71.8 Å². The third kappa shape index (κ3) is 3.82. The standard InChI is InChI=1S/C17H28OS/c1-4-16-15(11-14(19-16)10-12(2)3)17(18)13-8-6-5-7-9-13/h11-13,17-18H,4-10H2,1-3H3. The molecule has 1 fully saturated rings. The highest BCUT2D eigenvalue weighted by Crippen LogP contribution is 2.38. The van der Waals surface area contributed by atoms with Crippen molar-refractivity contribution in [3.05, 3.63) is 21.4 Å². The Labute approximate surface area is 122 Å². The van der Waals surface area contributed by atoms with E-state index in [1.807, 2.05) is 11.3 Å². The molecular weight excluding hydrogens is 252 g/mol. The van der Waals surface area contributed by atoms with Gasteiger partial charge in [0, 0.05) is 9.75 Å². The number of hydrogen-bond donors (Lipinski definition) is 1. The molecule has 1 aliphatic carbocycles. The first-order chi connectivity index (χ1) is 9.11. The van der Waals surface area contributed by atoms with Gasteiger partial charge in [-0.15, -0.1) is 11.3 Å². The highest BCUT2D eigenvalue weighted by atomic mass is 32.1. The van der Waals surface area contributed by atoms with Crippen molar-refractivity contribution in [3.8, 4) is 0 Å². The van der Waals surface area contributed by atoms with E-state index in [0.717, 1.165) is 12.8 Å².